The summed E-state index contributed by atoms with van der Waals surface area (Å²) >= 11 is 0. The fourth-order valence-electron chi connectivity index (χ4n) is 1.52. The van der Waals surface area contributed by atoms with Gasteiger partial charge in [0, 0.05) is 18.7 Å². The fraction of sp³-hybridized carbons (Fsp3) is 0.500. The summed E-state index contributed by atoms with van der Waals surface area (Å²) in [4.78, 5) is 11.5. The molecule has 0 unspecified atom stereocenters. The van der Waals surface area contributed by atoms with Crippen LogP contribution in [-0.2, 0) is 16.0 Å². The summed E-state index contributed by atoms with van der Waals surface area (Å²) in [6.07, 6.45) is 1.43. The van der Waals surface area contributed by atoms with Crippen LogP contribution in [0, 0.1) is 0 Å². The van der Waals surface area contributed by atoms with Gasteiger partial charge in [-0.15, -0.1) is 0 Å². The average Bonchev–Trinajstić information content (AvgIpc) is 2.34. The monoisotopic (exact) mass is 250 g/mol. The molecule has 1 rings (SSSR count). The lowest BCUT2D eigenvalue weighted by Gasteiger charge is -2.08. The van der Waals surface area contributed by atoms with Crippen molar-refractivity contribution in [1.82, 2.24) is 5.32 Å². The van der Waals surface area contributed by atoms with E-state index in [2.05, 4.69) is 5.32 Å². The molecule has 0 aliphatic heterocycles. The van der Waals surface area contributed by atoms with E-state index in [-0.39, 0.29) is 12.0 Å². The number of nitrogens with one attached hydrogen (secondary N) is 1. The Bertz CT molecular complexity index is 361. The van der Waals surface area contributed by atoms with E-state index in [0.717, 1.165) is 17.7 Å². The van der Waals surface area contributed by atoms with Crippen LogP contribution in [0.5, 0.6) is 0 Å². The predicted octanol–water partition coefficient (Wildman–Crippen LogP) is 1.74. The summed E-state index contributed by atoms with van der Waals surface area (Å²) in [6.45, 7) is 5.08. The van der Waals surface area contributed by atoms with Gasteiger partial charge >= 0.3 is 0 Å². The molecular formula is C14H22N2O2. The molecule has 1 aromatic carbocycles. The second-order valence-corrected chi connectivity index (χ2v) is 4.51. The maximum Gasteiger partial charge on any atom is 0.220 e. The summed E-state index contributed by atoms with van der Waals surface area (Å²) in [5, 5.41) is 2.83. The van der Waals surface area contributed by atoms with Gasteiger partial charge < -0.3 is 15.8 Å². The molecular weight excluding hydrogens is 228 g/mol. The molecule has 0 fully saturated rings. The summed E-state index contributed by atoms with van der Waals surface area (Å²) in [5.74, 6) is 0.0548. The van der Waals surface area contributed by atoms with Crippen LogP contribution in [0.15, 0.2) is 24.3 Å². The van der Waals surface area contributed by atoms with E-state index >= 15 is 0 Å². The molecule has 0 atom stereocenters. The molecule has 0 radical (unpaired) electrons. The van der Waals surface area contributed by atoms with Crippen molar-refractivity contribution >= 4 is 11.6 Å². The van der Waals surface area contributed by atoms with Crippen molar-refractivity contribution in [1.29, 1.82) is 0 Å². The van der Waals surface area contributed by atoms with Crippen molar-refractivity contribution in [3.8, 4) is 0 Å². The topological polar surface area (TPSA) is 64.3 Å². The SMILES string of the molecule is CC(C)OCCNC(=O)CCc1ccc(N)cc1. The Hall–Kier alpha value is -1.55. The first-order valence-corrected chi connectivity index (χ1v) is 6.30. The van der Waals surface area contributed by atoms with Gasteiger partial charge in [0.15, 0.2) is 0 Å². The standard InChI is InChI=1S/C14H22N2O2/c1-11(2)18-10-9-16-14(17)8-5-12-3-6-13(15)7-4-12/h3-4,6-7,11H,5,8-10,15H2,1-2H3,(H,16,17). The van der Waals surface area contributed by atoms with Crippen LogP contribution in [-0.4, -0.2) is 25.2 Å². The van der Waals surface area contributed by atoms with Crippen molar-refractivity contribution in [2.24, 2.45) is 0 Å². The van der Waals surface area contributed by atoms with E-state index in [4.69, 9.17) is 10.5 Å². The third-order valence-corrected chi connectivity index (χ3v) is 2.50. The minimum absolute atomic E-state index is 0.0548. The number of benzene rings is 1. The number of carbonyl (C=O) groups is 1. The van der Waals surface area contributed by atoms with Gasteiger partial charge in [0.25, 0.3) is 0 Å². The number of hydrogen-bond acceptors (Lipinski definition) is 3. The summed E-state index contributed by atoms with van der Waals surface area (Å²) < 4.78 is 5.34. The van der Waals surface area contributed by atoms with E-state index in [1.54, 1.807) is 0 Å². The van der Waals surface area contributed by atoms with Gasteiger partial charge in [0.2, 0.25) is 5.91 Å². The second-order valence-electron chi connectivity index (χ2n) is 4.51. The lowest BCUT2D eigenvalue weighted by molar-refractivity contribution is -0.121. The number of aryl methyl sites for hydroxylation is 1. The lowest BCUT2D eigenvalue weighted by atomic mass is 10.1. The maximum absolute atomic E-state index is 11.5. The smallest absolute Gasteiger partial charge is 0.220 e. The molecule has 0 saturated heterocycles. The van der Waals surface area contributed by atoms with Gasteiger partial charge in [-0.25, -0.2) is 0 Å². The van der Waals surface area contributed by atoms with Crippen LogP contribution in [0.2, 0.25) is 0 Å². The van der Waals surface area contributed by atoms with Crippen LogP contribution >= 0.6 is 0 Å². The van der Waals surface area contributed by atoms with Gasteiger partial charge in [0.1, 0.15) is 0 Å². The largest absolute Gasteiger partial charge is 0.399 e. The van der Waals surface area contributed by atoms with Gasteiger partial charge in [-0.2, -0.15) is 0 Å². The van der Waals surface area contributed by atoms with Gasteiger partial charge in [-0.1, -0.05) is 12.1 Å². The highest BCUT2D eigenvalue weighted by molar-refractivity contribution is 5.76. The van der Waals surface area contributed by atoms with Gasteiger partial charge in [-0.3, -0.25) is 4.79 Å². The lowest BCUT2D eigenvalue weighted by Crippen LogP contribution is -2.28. The van der Waals surface area contributed by atoms with Crippen LogP contribution < -0.4 is 11.1 Å². The summed E-state index contributed by atoms with van der Waals surface area (Å²) in [7, 11) is 0. The zero-order chi connectivity index (χ0) is 13.4. The van der Waals surface area contributed by atoms with E-state index in [1.807, 2.05) is 38.1 Å². The molecule has 1 aromatic rings. The minimum Gasteiger partial charge on any atom is -0.399 e. The molecule has 0 bridgehead atoms. The van der Waals surface area contributed by atoms with E-state index in [0.29, 0.717) is 19.6 Å². The minimum atomic E-state index is 0.0548. The molecule has 100 valence electrons. The maximum atomic E-state index is 11.5. The molecule has 0 aliphatic rings. The molecule has 4 nitrogen and oxygen atoms in total. The quantitative estimate of drug-likeness (QED) is 0.572. The molecule has 0 heterocycles. The van der Waals surface area contributed by atoms with E-state index in [1.165, 1.54) is 0 Å². The third kappa shape index (κ3) is 6.25. The number of ether oxygens (including phenoxy) is 1. The van der Waals surface area contributed by atoms with Crippen molar-refractivity contribution in [3.05, 3.63) is 29.8 Å². The van der Waals surface area contributed by atoms with Crippen LogP contribution in [0.4, 0.5) is 5.69 Å². The van der Waals surface area contributed by atoms with Crippen molar-refractivity contribution in [2.45, 2.75) is 32.8 Å². The highest BCUT2D eigenvalue weighted by Crippen LogP contribution is 2.07. The van der Waals surface area contributed by atoms with Crippen LogP contribution in [0.1, 0.15) is 25.8 Å². The number of nitrogen functional groups attached to an aromatic ring is 1. The number of carbonyl (C=O) groups excluding carboxylic acids is 1. The third-order valence-electron chi connectivity index (χ3n) is 2.50. The molecule has 0 aliphatic carbocycles. The normalized spacial score (nSPS) is 10.6. The molecule has 1 amide bonds. The Labute approximate surface area is 109 Å². The summed E-state index contributed by atoms with van der Waals surface area (Å²) in [5.41, 5.74) is 7.46. The zero-order valence-electron chi connectivity index (χ0n) is 11.1. The Morgan fingerprint density at radius 3 is 2.61 bits per heavy atom. The number of hydrogen-bond donors (Lipinski definition) is 2. The second kappa shape index (κ2) is 7.71. The van der Waals surface area contributed by atoms with Crippen LogP contribution in [0.3, 0.4) is 0 Å². The first kappa shape index (κ1) is 14.5. The van der Waals surface area contributed by atoms with Crippen molar-refractivity contribution in [3.63, 3.8) is 0 Å². The first-order valence-electron chi connectivity index (χ1n) is 6.30. The Kier molecular flexibility index (Phi) is 6.22. The Balaban J connectivity index is 2.15. The molecule has 0 spiro atoms. The molecule has 0 saturated carbocycles. The highest BCUT2D eigenvalue weighted by Gasteiger charge is 2.02. The number of rotatable bonds is 7. The summed E-state index contributed by atoms with van der Waals surface area (Å²) in [6, 6.07) is 7.60. The zero-order valence-corrected chi connectivity index (χ0v) is 11.1. The predicted molar refractivity (Wildman–Crippen MR) is 73.3 cm³/mol. The van der Waals surface area contributed by atoms with Crippen LogP contribution in [0.25, 0.3) is 0 Å². The Morgan fingerprint density at radius 2 is 2.00 bits per heavy atom. The fourth-order valence-corrected chi connectivity index (χ4v) is 1.52. The molecule has 4 heteroatoms. The number of anilines is 1. The molecule has 18 heavy (non-hydrogen) atoms. The molecule has 3 N–H and O–H groups in total. The highest BCUT2D eigenvalue weighted by atomic mass is 16.5. The molecule has 0 aromatic heterocycles. The van der Waals surface area contributed by atoms with E-state index in [9.17, 15) is 4.79 Å². The number of nitrogens with two attached hydrogens (primary N) is 1. The number of amides is 1. The van der Waals surface area contributed by atoms with Crippen molar-refractivity contribution < 1.29 is 9.53 Å². The van der Waals surface area contributed by atoms with Gasteiger partial charge in [0.05, 0.1) is 12.7 Å². The van der Waals surface area contributed by atoms with E-state index < -0.39 is 0 Å². The Morgan fingerprint density at radius 1 is 1.33 bits per heavy atom. The first-order chi connectivity index (χ1) is 8.58. The van der Waals surface area contributed by atoms with Gasteiger partial charge in [-0.05, 0) is 38.0 Å². The average molecular weight is 250 g/mol. The van der Waals surface area contributed by atoms with Crippen molar-refractivity contribution in [2.75, 3.05) is 18.9 Å².